The summed E-state index contributed by atoms with van der Waals surface area (Å²) in [4.78, 5) is 86.8. The molecule has 0 saturated carbocycles. The molecule has 0 spiro atoms. The van der Waals surface area contributed by atoms with Gasteiger partial charge in [-0.2, -0.15) is 0 Å². The number of carbonyl (C=O) groups is 6. The highest BCUT2D eigenvalue weighted by Gasteiger charge is 2.15. The van der Waals surface area contributed by atoms with E-state index in [9.17, 15) is 28.8 Å². The Labute approximate surface area is 534 Å². The van der Waals surface area contributed by atoms with Crippen LogP contribution in [0.1, 0.15) is 297 Å². The second-order valence-corrected chi connectivity index (χ2v) is 25.2. The summed E-state index contributed by atoms with van der Waals surface area (Å²) >= 11 is 0. The predicted molar refractivity (Wildman–Crippen MR) is 359 cm³/mol. The number of amides is 2. The summed E-state index contributed by atoms with van der Waals surface area (Å²) < 4.78 is 22.0. The van der Waals surface area contributed by atoms with Gasteiger partial charge in [0.1, 0.15) is 0 Å². The van der Waals surface area contributed by atoms with E-state index in [1.165, 1.54) is 103 Å². The average molecular weight is 1240 g/mol. The van der Waals surface area contributed by atoms with Crippen molar-refractivity contribution >= 4 is 35.7 Å². The van der Waals surface area contributed by atoms with Crippen LogP contribution in [0.25, 0.3) is 0 Å². The minimum absolute atomic E-state index is 0.0353. The van der Waals surface area contributed by atoms with E-state index in [2.05, 4.69) is 52.6 Å². The van der Waals surface area contributed by atoms with Crippen LogP contribution in [0, 0.1) is 0 Å². The van der Waals surface area contributed by atoms with Crippen LogP contribution >= 0.6 is 0 Å². The molecule has 0 aromatic rings. The standard InChI is InChI=1S/C71H138N6O10/c1-8-12-16-20-24-40-62-84-68(80)44-32-28-36-51-76(52-37-29-33-45-69(81)85-63-41-25-21-17-13-9-2)57-50-72-66(78)48-55-73(5)58-59-74(6)56-49-67(79)75(7)60-61-77(53-38-30-34-46-70(82)86-64-42-26-22-18-14-10-3)54-39-31-35-47-71(83)87-65-43-27-23-19-15-11-4/h8-65H2,1-7H3,(H,72,78). The zero-order chi connectivity index (χ0) is 63.9. The van der Waals surface area contributed by atoms with Crippen LogP contribution in [0.4, 0.5) is 0 Å². The number of rotatable bonds is 67. The highest BCUT2D eigenvalue weighted by atomic mass is 16.5. The van der Waals surface area contributed by atoms with Gasteiger partial charge < -0.3 is 48.8 Å². The van der Waals surface area contributed by atoms with Gasteiger partial charge in [-0.25, -0.2) is 0 Å². The molecule has 0 atom stereocenters. The minimum Gasteiger partial charge on any atom is -0.466 e. The van der Waals surface area contributed by atoms with Crippen molar-refractivity contribution in [2.75, 3.05) is 126 Å². The van der Waals surface area contributed by atoms with Crippen LogP contribution in [0.3, 0.4) is 0 Å². The molecule has 0 saturated heterocycles. The molecule has 16 heteroatoms. The van der Waals surface area contributed by atoms with Crippen molar-refractivity contribution in [2.45, 2.75) is 297 Å². The second kappa shape index (κ2) is 64.2. The highest BCUT2D eigenvalue weighted by Crippen LogP contribution is 2.13. The maximum absolute atomic E-state index is 13.4. The van der Waals surface area contributed by atoms with Crippen LogP contribution in [-0.4, -0.2) is 186 Å². The van der Waals surface area contributed by atoms with E-state index in [0.29, 0.717) is 91.1 Å². The van der Waals surface area contributed by atoms with Crippen molar-refractivity contribution in [1.82, 2.24) is 29.8 Å². The normalized spacial score (nSPS) is 11.5. The summed E-state index contributed by atoms with van der Waals surface area (Å²) in [5.74, 6) is -0.223. The molecule has 0 aromatic heterocycles. The molecule has 2 amide bonds. The Morgan fingerprint density at radius 3 is 0.897 bits per heavy atom. The van der Waals surface area contributed by atoms with Crippen molar-refractivity contribution in [3.8, 4) is 0 Å². The molecule has 0 rings (SSSR count). The second-order valence-electron chi connectivity index (χ2n) is 25.2. The van der Waals surface area contributed by atoms with Crippen LogP contribution in [0.15, 0.2) is 0 Å². The first kappa shape index (κ1) is 83.7. The van der Waals surface area contributed by atoms with Gasteiger partial charge in [-0.15, -0.1) is 0 Å². The lowest BCUT2D eigenvalue weighted by Crippen LogP contribution is -2.39. The van der Waals surface area contributed by atoms with Gasteiger partial charge in [-0.3, -0.25) is 28.8 Å². The first-order chi connectivity index (χ1) is 42.3. The third-order valence-corrected chi connectivity index (χ3v) is 16.7. The third-order valence-electron chi connectivity index (χ3n) is 16.7. The number of unbranched alkanes of at least 4 members (excludes halogenated alkanes) is 28. The molecule has 0 heterocycles. The van der Waals surface area contributed by atoms with Gasteiger partial charge >= 0.3 is 23.9 Å². The molecular weight excluding hydrogens is 1100 g/mol. The quantitative estimate of drug-likeness (QED) is 0.0347. The Morgan fingerprint density at radius 1 is 0.276 bits per heavy atom. The molecule has 512 valence electrons. The number of likely N-dealkylation sites (N-methyl/N-ethyl adjacent to an activating group) is 3. The molecule has 1 N–H and O–H groups in total. The zero-order valence-corrected chi connectivity index (χ0v) is 57.8. The first-order valence-electron chi connectivity index (χ1n) is 36.3. The summed E-state index contributed by atoms with van der Waals surface area (Å²) in [5.41, 5.74) is 0. The van der Waals surface area contributed by atoms with E-state index in [1.807, 2.05) is 26.0 Å². The molecule has 0 aromatic carbocycles. The molecule has 0 aliphatic carbocycles. The summed E-state index contributed by atoms with van der Waals surface area (Å²) in [5, 5.41) is 3.15. The number of hydrogen-bond acceptors (Lipinski definition) is 14. The van der Waals surface area contributed by atoms with Gasteiger partial charge in [0.15, 0.2) is 0 Å². The number of esters is 4. The minimum atomic E-state index is -0.0957. The Kier molecular flexibility index (Phi) is 61.7. The van der Waals surface area contributed by atoms with Crippen molar-refractivity contribution in [3.63, 3.8) is 0 Å². The van der Waals surface area contributed by atoms with E-state index < -0.39 is 0 Å². The van der Waals surface area contributed by atoms with E-state index in [1.54, 1.807) is 0 Å². The van der Waals surface area contributed by atoms with Crippen molar-refractivity contribution in [3.05, 3.63) is 0 Å². The summed E-state index contributed by atoms with van der Waals surface area (Å²) in [6, 6.07) is 0. The molecule has 0 radical (unpaired) electrons. The largest absolute Gasteiger partial charge is 0.466 e. The maximum Gasteiger partial charge on any atom is 0.305 e. The van der Waals surface area contributed by atoms with Crippen molar-refractivity contribution in [2.24, 2.45) is 0 Å². The van der Waals surface area contributed by atoms with Crippen LogP contribution in [0.2, 0.25) is 0 Å². The smallest absolute Gasteiger partial charge is 0.305 e. The Morgan fingerprint density at radius 2 is 0.563 bits per heavy atom. The van der Waals surface area contributed by atoms with Crippen LogP contribution < -0.4 is 5.32 Å². The molecule has 0 bridgehead atoms. The van der Waals surface area contributed by atoms with E-state index in [-0.39, 0.29) is 35.7 Å². The topological polar surface area (TPSA) is 168 Å². The van der Waals surface area contributed by atoms with Crippen molar-refractivity contribution in [1.29, 1.82) is 0 Å². The Hall–Kier alpha value is -3.34. The van der Waals surface area contributed by atoms with Crippen molar-refractivity contribution < 1.29 is 47.7 Å². The third kappa shape index (κ3) is 60.0. The van der Waals surface area contributed by atoms with E-state index in [0.717, 1.165) is 181 Å². The fourth-order valence-corrected chi connectivity index (χ4v) is 10.6. The van der Waals surface area contributed by atoms with E-state index in [4.69, 9.17) is 18.9 Å². The maximum atomic E-state index is 13.4. The number of ether oxygens (including phenoxy) is 4. The molecule has 16 nitrogen and oxygen atoms in total. The van der Waals surface area contributed by atoms with Gasteiger partial charge in [-0.1, -0.05) is 182 Å². The Balaban J connectivity index is 4.87. The molecule has 87 heavy (non-hydrogen) atoms. The van der Waals surface area contributed by atoms with Gasteiger partial charge in [0.2, 0.25) is 11.8 Å². The highest BCUT2D eigenvalue weighted by molar-refractivity contribution is 5.76. The lowest BCUT2D eigenvalue weighted by Gasteiger charge is -2.26. The fourth-order valence-electron chi connectivity index (χ4n) is 10.6. The lowest BCUT2D eigenvalue weighted by atomic mass is 10.1. The number of carbonyl (C=O) groups excluding carboxylic acids is 6. The molecule has 0 fully saturated rings. The molecule has 0 aliphatic heterocycles. The Bertz CT molecular complexity index is 1530. The number of nitrogens with one attached hydrogen (secondary N) is 1. The molecule has 0 unspecified atom stereocenters. The first-order valence-corrected chi connectivity index (χ1v) is 36.3. The number of hydrogen-bond donors (Lipinski definition) is 1. The SMILES string of the molecule is CCCCCCCCOC(=O)CCCCCN(CCCCCC(=O)OCCCCCCCC)CCNC(=O)CCN(C)CCN(C)CCC(=O)N(C)CCN(CCCCCC(=O)OCCCCCCCC)CCCCCC(=O)OCCCCCCCC. The monoisotopic (exact) mass is 1240 g/mol. The van der Waals surface area contributed by atoms with Crippen LogP contribution in [-0.2, 0) is 47.7 Å². The fraction of sp³-hybridized carbons (Fsp3) is 0.915. The predicted octanol–water partition coefficient (Wildman–Crippen LogP) is 14.7. The summed E-state index contributed by atoms with van der Waals surface area (Å²) in [7, 11) is 5.98. The van der Waals surface area contributed by atoms with Gasteiger partial charge in [0.05, 0.1) is 26.4 Å². The average Bonchev–Trinajstić information content (AvgIpc) is 3.58. The summed E-state index contributed by atoms with van der Waals surface area (Å²) in [6.45, 7) is 20.1. The van der Waals surface area contributed by atoms with E-state index >= 15 is 0 Å². The summed E-state index contributed by atoms with van der Waals surface area (Å²) in [6.07, 6.45) is 41.7. The van der Waals surface area contributed by atoms with Gasteiger partial charge in [0, 0.05) is 97.9 Å². The lowest BCUT2D eigenvalue weighted by molar-refractivity contribution is -0.144. The van der Waals surface area contributed by atoms with Crippen LogP contribution in [0.5, 0.6) is 0 Å². The molecular formula is C71H138N6O10. The number of nitrogens with zero attached hydrogens (tertiary/aromatic N) is 5. The van der Waals surface area contributed by atoms with Gasteiger partial charge in [-0.05, 0) is 117 Å². The molecule has 0 aliphatic rings. The zero-order valence-electron chi connectivity index (χ0n) is 57.8. The van der Waals surface area contributed by atoms with Gasteiger partial charge in [0.25, 0.3) is 0 Å².